The van der Waals surface area contributed by atoms with E-state index in [0.717, 1.165) is 4.31 Å². The summed E-state index contributed by atoms with van der Waals surface area (Å²) in [7, 11) is -2.78. The second-order valence-corrected chi connectivity index (χ2v) is 12.5. The van der Waals surface area contributed by atoms with Gasteiger partial charge in [0.1, 0.15) is 18.3 Å². The fraction of sp³-hybridized carbons (Fsp3) is 0.333. The second kappa shape index (κ2) is 14.6. The standard InChI is InChI=1S/C30H35Cl2N3O5S/c1-5-26(30(37)33-18-21(2)3)34(19-22-15-16-24(31)25(32)17-22)29(36)20-35(27-13-9-10-14-28(27)40-4)41(38,39)23-11-7-6-8-12-23/h6-17,21,26H,5,18-20H2,1-4H3,(H,33,37)/t26-/m1/s1. The Hall–Kier alpha value is -3.27. The van der Waals surface area contributed by atoms with Crippen molar-refractivity contribution in [2.75, 3.05) is 24.5 Å². The maximum absolute atomic E-state index is 14.1. The molecule has 3 rings (SSSR count). The quantitative estimate of drug-likeness (QED) is 0.262. The number of anilines is 1. The summed E-state index contributed by atoms with van der Waals surface area (Å²) in [6.07, 6.45) is 0.303. The van der Waals surface area contributed by atoms with Crippen molar-refractivity contribution in [2.45, 2.75) is 44.7 Å². The number of para-hydroxylation sites is 2. The Bertz CT molecular complexity index is 1450. The molecule has 0 saturated carbocycles. The highest BCUT2D eigenvalue weighted by Crippen LogP contribution is 2.33. The maximum Gasteiger partial charge on any atom is 0.264 e. The van der Waals surface area contributed by atoms with Crippen molar-refractivity contribution in [3.63, 3.8) is 0 Å². The van der Waals surface area contributed by atoms with Gasteiger partial charge in [0.15, 0.2) is 0 Å². The Morgan fingerprint density at radius 2 is 1.61 bits per heavy atom. The molecule has 0 aliphatic heterocycles. The summed E-state index contributed by atoms with van der Waals surface area (Å²) in [5.74, 6) is -0.428. The fourth-order valence-corrected chi connectivity index (χ4v) is 6.01. The van der Waals surface area contributed by atoms with Crippen molar-refractivity contribution in [1.82, 2.24) is 10.2 Å². The van der Waals surface area contributed by atoms with Gasteiger partial charge in [0.25, 0.3) is 10.0 Å². The monoisotopic (exact) mass is 619 g/mol. The van der Waals surface area contributed by atoms with E-state index >= 15 is 0 Å². The molecule has 1 N–H and O–H groups in total. The summed E-state index contributed by atoms with van der Waals surface area (Å²) in [6, 6.07) is 18.5. The van der Waals surface area contributed by atoms with Crippen molar-refractivity contribution in [3.8, 4) is 5.75 Å². The van der Waals surface area contributed by atoms with Crippen LogP contribution in [-0.4, -0.2) is 51.4 Å². The molecule has 0 saturated heterocycles. The molecular weight excluding hydrogens is 585 g/mol. The van der Waals surface area contributed by atoms with Crippen LogP contribution in [0.2, 0.25) is 10.0 Å². The average Bonchev–Trinajstić information content (AvgIpc) is 2.96. The van der Waals surface area contributed by atoms with E-state index < -0.39 is 28.5 Å². The van der Waals surface area contributed by atoms with Gasteiger partial charge in [0, 0.05) is 13.1 Å². The van der Waals surface area contributed by atoms with Crippen LogP contribution in [-0.2, 0) is 26.2 Å². The highest BCUT2D eigenvalue weighted by Gasteiger charge is 2.34. The molecule has 0 unspecified atom stereocenters. The van der Waals surface area contributed by atoms with Crippen LogP contribution in [0.4, 0.5) is 5.69 Å². The lowest BCUT2D eigenvalue weighted by Crippen LogP contribution is -2.52. The van der Waals surface area contributed by atoms with Gasteiger partial charge >= 0.3 is 0 Å². The number of halogens is 2. The van der Waals surface area contributed by atoms with Crippen molar-refractivity contribution in [2.24, 2.45) is 5.92 Å². The van der Waals surface area contributed by atoms with Crippen molar-refractivity contribution >= 4 is 50.7 Å². The third-order valence-corrected chi connectivity index (χ3v) is 8.88. The van der Waals surface area contributed by atoms with Crippen LogP contribution < -0.4 is 14.4 Å². The molecule has 0 heterocycles. The number of rotatable bonds is 13. The number of sulfonamides is 1. The lowest BCUT2D eigenvalue weighted by Gasteiger charge is -2.33. The van der Waals surface area contributed by atoms with Gasteiger partial charge in [-0.2, -0.15) is 0 Å². The molecule has 1 atom stereocenters. The number of nitrogens with one attached hydrogen (secondary N) is 1. The Morgan fingerprint density at radius 1 is 0.951 bits per heavy atom. The van der Waals surface area contributed by atoms with E-state index in [1.807, 2.05) is 13.8 Å². The van der Waals surface area contributed by atoms with Crippen molar-refractivity contribution in [1.29, 1.82) is 0 Å². The summed E-state index contributed by atoms with van der Waals surface area (Å²) in [5.41, 5.74) is 0.830. The number of hydrogen-bond acceptors (Lipinski definition) is 5. The van der Waals surface area contributed by atoms with Crippen molar-refractivity contribution in [3.05, 3.63) is 88.4 Å². The van der Waals surface area contributed by atoms with Gasteiger partial charge in [0.05, 0.1) is 27.7 Å². The number of benzene rings is 3. The second-order valence-electron chi connectivity index (χ2n) is 9.83. The van der Waals surface area contributed by atoms with Crippen LogP contribution in [0.1, 0.15) is 32.8 Å². The van der Waals surface area contributed by atoms with Gasteiger partial charge in [-0.05, 0) is 54.3 Å². The minimum atomic E-state index is -4.21. The van der Waals surface area contributed by atoms with Crippen LogP contribution in [0.15, 0.2) is 77.7 Å². The molecule has 0 radical (unpaired) electrons. The number of carbonyl (C=O) groups excluding carboxylic acids is 2. The molecule has 0 fully saturated rings. The Labute approximate surface area is 252 Å². The molecule has 8 nitrogen and oxygen atoms in total. The molecule has 0 aromatic heterocycles. The number of nitrogens with zero attached hydrogens (tertiary/aromatic N) is 2. The van der Waals surface area contributed by atoms with Gasteiger partial charge in [-0.3, -0.25) is 13.9 Å². The van der Waals surface area contributed by atoms with Gasteiger partial charge in [-0.15, -0.1) is 0 Å². The number of amides is 2. The minimum absolute atomic E-state index is 0.00841. The topological polar surface area (TPSA) is 96.0 Å². The first-order valence-electron chi connectivity index (χ1n) is 13.2. The van der Waals surface area contributed by atoms with Crippen LogP contribution in [0, 0.1) is 5.92 Å². The van der Waals surface area contributed by atoms with E-state index in [1.54, 1.807) is 67.6 Å². The summed E-state index contributed by atoms with van der Waals surface area (Å²) >= 11 is 12.3. The molecule has 220 valence electrons. The van der Waals surface area contributed by atoms with Crippen LogP contribution in [0.25, 0.3) is 0 Å². The van der Waals surface area contributed by atoms with E-state index in [1.165, 1.54) is 24.1 Å². The lowest BCUT2D eigenvalue weighted by molar-refractivity contribution is -0.140. The number of methoxy groups -OCH3 is 1. The predicted molar refractivity (Wildman–Crippen MR) is 163 cm³/mol. The molecule has 0 spiro atoms. The molecule has 11 heteroatoms. The van der Waals surface area contributed by atoms with Gasteiger partial charge in [-0.1, -0.05) is 80.4 Å². The third-order valence-electron chi connectivity index (χ3n) is 6.37. The van der Waals surface area contributed by atoms with Crippen molar-refractivity contribution < 1.29 is 22.7 Å². The molecular formula is C30H35Cl2N3O5S. The molecule has 3 aromatic carbocycles. The minimum Gasteiger partial charge on any atom is -0.495 e. The number of hydrogen-bond donors (Lipinski definition) is 1. The molecule has 2 amide bonds. The summed E-state index contributed by atoms with van der Waals surface area (Å²) < 4.78 is 34.4. The summed E-state index contributed by atoms with van der Waals surface area (Å²) in [6.45, 7) is 5.60. The zero-order valence-corrected chi connectivity index (χ0v) is 25.8. The summed E-state index contributed by atoms with van der Waals surface area (Å²) in [4.78, 5) is 28.8. The highest BCUT2D eigenvalue weighted by atomic mass is 35.5. The predicted octanol–water partition coefficient (Wildman–Crippen LogP) is 5.78. The molecule has 3 aromatic rings. The number of ether oxygens (including phenoxy) is 1. The van der Waals surface area contributed by atoms with Crippen LogP contribution in [0.5, 0.6) is 5.75 Å². The Morgan fingerprint density at radius 3 is 2.22 bits per heavy atom. The van der Waals surface area contributed by atoms with E-state index in [2.05, 4.69) is 5.32 Å². The highest BCUT2D eigenvalue weighted by molar-refractivity contribution is 7.92. The Balaban J connectivity index is 2.09. The SMILES string of the molecule is CC[C@H](C(=O)NCC(C)C)N(Cc1ccc(Cl)c(Cl)c1)C(=O)CN(c1ccccc1OC)S(=O)(=O)c1ccccc1. The molecule has 41 heavy (non-hydrogen) atoms. The van der Waals surface area contributed by atoms with Gasteiger partial charge in [0.2, 0.25) is 11.8 Å². The largest absolute Gasteiger partial charge is 0.495 e. The molecule has 0 aliphatic carbocycles. The fourth-order valence-electron chi connectivity index (χ4n) is 4.25. The molecule has 0 aliphatic rings. The van der Waals surface area contributed by atoms with Crippen LogP contribution >= 0.6 is 23.2 Å². The van der Waals surface area contributed by atoms with E-state index in [4.69, 9.17) is 27.9 Å². The van der Waals surface area contributed by atoms with E-state index in [-0.39, 0.29) is 34.7 Å². The Kier molecular flexibility index (Phi) is 11.5. The maximum atomic E-state index is 14.1. The van der Waals surface area contributed by atoms with Gasteiger partial charge in [-0.25, -0.2) is 8.42 Å². The smallest absolute Gasteiger partial charge is 0.264 e. The zero-order valence-electron chi connectivity index (χ0n) is 23.5. The normalized spacial score (nSPS) is 12.1. The summed E-state index contributed by atoms with van der Waals surface area (Å²) in [5, 5.41) is 3.56. The first-order chi connectivity index (χ1) is 19.5. The van der Waals surface area contributed by atoms with E-state index in [0.29, 0.717) is 28.6 Å². The van der Waals surface area contributed by atoms with Crippen LogP contribution in [0.3, 0.4) is 0 Å². The lowest BCUT2D eigenvalue weighted by atomic mass is 10.1. The molecule has 0 bridgehead atoms. The van der Waals surface area contributed by atoms with Gasteiger partial charge < -0.3 is 15.0 Å². The van der Waals surface area contributed by atoms with E-state index in [9.17, 15) is 18.0 Å². The first kappa shape index (κ1) is 32.2. The first-order valence-corrected chi connectivity index (χ1v) is 15.4. The number of carbonyl (C=O) groups is 2. The third kappa shape index (κ3) is 8.15. The zero-order chi connectivity index (χ0) is 30.2. The average molecular weight is 621 g/mol.